The van der Waals surface area contributed by atoms with Crippen LogP contribution in [0.25, 0.3) is 11.4 Å². The highest BCUT2D eigenvalue weighted by atomic mass is 35.5. The minimum atomic E-state index is -0.492. The van der Waals surface area contributed by atoms with Gasteiger partial charge >= 0.3 is 0 Å². The Morgan fingerprint density at radius 2 is 1.70 bits per heavy atom. The molecule has 0 N–H and O–H groups in total. The molecule has 0 radical (unpaired) electrons. The Morgan fingerprint density at radius 3 is 2.39 bits per heavy atom. The summed E-state index contributed by atoms with van der Waals surface area (Å²) >= 11 is 11.9. The van der Waals surface area contributed by atoms with Crippen molar-refractivity contribution in [3.05, 3.63) is 69.8 Å². The van der Waals surface area contributed by atoms with Crippen molar-refractivity contribution in [3.63, 3.8) is 0 Å². The molecule has 1 fully saturated rings. The molecular weight excluding hydrogens is 470 g/mol. The fourth-order valence-corrected chi connectivity index (χ4v) is 3.99. The summed E-state index contributed by atoms with van der Waals surface area (Å²) in [7, 11) is 0. The van der Waals surface area contributed by atoms with Crippen molar-refractivity contribution in [2.24, 2.45) is 0 Å². The first-order valence-corrected chi connectivity index (χ1v) is 11.3. The summed E-state index contributed by atoms with van der Waals surface area (Å²) in [5.74, 6) is 0.211. The molecule has 1 aliphatic heterocycles. The highest BCUT2D eigenvalue weighted by Gasteiger charge is 2.26. The van der Waals surface area contributed by atoms with Gasteiger partial charge in [0.1, 0.15) is 5.82 Å². The summed E-state index contributed by atoms with van der Waals surface area (Å²) in [6, 6.07) is 10.9. The van der Waals surface area contributed by atoms with E-state index in [1.165, 1.54) is 12.1 Å². The molecule has 7 nitrogen and oxygen atoms in total. The minimum Gasteiger partial charge on any atom is -0.339 e. The highest BCUT2D eigenvalue weighted by Crippen LogP contribution is 2.21. The van der Waals surface area contributed by atoms with E-state index >= 15 is 0 Å². The van der Waals surface area contributed by atoms with E-state index in [9.17, 15) is 14.0 Å². The molecule has 0 aliphatic carbocycles. The van der Waals surface area contributed by atoms with Gasteiger partial charge in [0, 0.05) is 49.6 Å². The standard InChI is InChI=1S/C23H21Cl2FN4O3/c24-16-6-4-15(5-7-16)22-27-20(33-28-22)2-1-3-21(31)29-10-12-30(13-11-29)23(32)18-9-8-17(26)14-19(18)25/h4-9,14H,1-3,10-13H2. The third kappa shape index (κ3) is 5.69. The van der Waals surface area contributed by atoms with E-state index in [4.69, 9.17) is 27.7 Å². The first kappa shape index (κ1) is 23.2. The van der Waals surface area contributed by atoms with E-state index in [-0.39, 0.29) is 22.4 Å². The van der Waals surface area contributed by atoms with Crippen molar-refractivity contribution in [1.82, 2.24) is 19.9 Å². The van der Waals surface area contributed by atoms with Gasteiger partial charge in [-0.25, -0.2) is 4.39 Å². The summed E-state index contributed by atoms with van der Waals surface area (Å²) in [6.45, 7) is 1.66. The van der Waals surface area contributed by atoms with Gasteiger partial charge in [-0.1, -0.05) is 28.4 Å². The van der Waals surface area contributed by atoms with Crippen molar-refractivity contribution >= 4 is 35.0 Å². The van der Waals surface area contributed by atoms with Gasteiger partial charge in [0.2, 0.25) is 17.6 Å². The molecule has 3 aromatic rings. The number of piperazine rings is 1. The number of nitrogens with zero attached hydrogens (tertiary/aromatic N) is 4. The van der Waals surface area contributed by atoms with Gasteiger partial charge in [0.05, 0.1) is 10.6 Å². The molecule has 0 saturated carbocycles. The van der Waals surface area contributed by atoms with Crippen LogP contribution in [0.1, 0.15) is 29.1 Å². The molecule has 10 heteroatoms. The van der Waals surface area contributed by atoms with Crippen LogP contribution in [0.3, 0.4) is 0 Å². The maximum Gasteiger partial charge on any atom is 0.255 e. The number of aryl methyl sites for hydroxylation is 1. The van der Waals surface area contributed by atoms with Crippen molar-refractivity contribution in [2.45, 2.75) is 19.3 Å². The maximum atomic E-state index is 13.2. The average molecular weight is 491 g/mol. The second-order valence-corrected chi connectivity index (χ2v) is 8.51. The molecule has 2 aromatic carbocycles. The van der Waals surface area contributed by atoms with Crippen LogP contribution < -0.4 is 0 Å². The second-order valence-electron chi connectivity index (χ2n) is 7.67. The third-order valence-electron chi connectivity index (χ3n) is 5.43. The molecule has 4 rings (SSSR count). The van der Waals surface area contributed by atoms with E-state index in [2.05, 4.69) is 10.1 Å². The monoisotopic (exact) mass is 490 g/mol. The lowest BCUT2D eigenvalue weighted by Gasteiger charge is -2.35. The van der Waals surface area contributed by atoms with E-state index in [0.717, 1.165) is 11.6 Å². The van der Waals surface area contributed by atoms with Crippen LogP contribution in [0.2, 0.25) is 10.0 Å². The second kappa shape index (κ2) is 10.3. The first-order chi connectivity index (χ1) is 15.9. The number of benzene rings is 2. The lowest BCUT2D eigenvalue weighted by molar-refractivity contribution is -0.132. The fourth-order valence-electron chi connectivity index (χ4n) is 3.61. The molecule has 2 amide bonds. The number of carbonyl (C=O) groups excluding carboxylic acids is 2. The number of rotatable bonds is 6. The molecule has 172 valence electrons. The van der Waals surface area contributed by atoms with E-state index in [1.807, 2.05) is 12.1 Å². The number of halogens is 3. The molecule has 0 atom stereocenters. The van der Waals surface area contributed by atoms with Gasteiger partial charge in [-0.2, -0.15) is 4.98 Å². The maximum absolute atomic E-state index is 13.2. The molecule has 0 spiro atoms. The molecule has 0 bridgehead atoms. The molecule has 33 heavy (non-hydrogen) atoms. The summed E-state index contributed by atoms with van der Waals surface area (Å²) in [6.07, 6.45) is 1.41. The third-order valence-corrected chi connectivity index (χ3v) is 6.00. The zero-order chi connectivity index (χ0) is 23.4. The van der Waals surface area contributed by atoms with E-state index < -0.39 is 5.82 Å². The number of carbonyl (C=O) groups is 2. The predicted octanol–water partition coefficient (Wildman–Crippen LogP) is 4.49. The SMILES string of the molecule is O=C(CCCc1nc(-c2ccc(Cl)cc2)no1)N1CCN(C(=O)c2ccc(F)cc2Cl)CC1. The molecule has 1 saturated heterocycles. The van der Waals surface area contributed by atoms with Gasteiger partial charge < -0.3 is 14.3 Å². The number of hydrogen-bond acceptors (Lipinski definition) is 5. The van der Waals surface area contributed by atoms with E-state index in [1.54, 1.807) is 21.9 Å². The Balaban J connectivity index is 1.23. The van der Waals surface area contributed by atoms with Gasteiger partial charge in [0.25, 0.3) is 5.91 Å². The Bertz CT molecular complexity index is 1140. The van der Waals surface area contributed by atoms with Crippen molar-refractivity contribution in [1.29, 1.82) is 0 Å². The van der Waals surface area contributed by atoms with Crippen LogP contribution in [0, 0.1) is 5.82 Å². The van der Waals surface area contributed by atoms with Crippen LogP contribution in [0.4, 0.5) is 4.39 Å². The number of hydrogen-bond donors (Lipinski definition) is 0. The van der Waals surface area contributed by atoms with Crippen LogP contribution in [0.15, 0.2) is 47.0 Å². The van der Waals surface area contributed by atoms with Crippen LogP contribution in [0.5, 0.6) is 0 Å². The largest absolute Gasteiger partial charge is 0.339 e. The molecular formula is C23H21Cl2FN4O3. The van der Waals surface area contributed by atoms with Crippen molar-refractivity contribution in [2.75, 3.05) is 26.2 Å². The topological polar surface area (TPSA) is 79.5 Å². The highest BCUT2D eigenvalue weighted by molar-refractivity contribution is 6.33. The summed E-state index contributed by atoms with van der Waals surface area (Å²) in [4.78, 5) is 32.9. The lowest BCUT2D eigenvalue weighted by atomic mass is 10.1. The zero-order valence-corrected chi connectivity index (χ0v) is 19.2. The fraction of sp³-hybridized carbons (Fsp3) is 0.304. The number of aromatic nitrogens is 2. The summed E-state index contributed by atoms with van der Waals surface area (Å²) < 4.78 is 18.5. The van der Waals surface area contributed by atoms with Crippen LogP contribution in [-0.4, -0.2) is 57.9 Å². The van der Waals surface area contributed by atoms with Crippen molar-refractivity contribution in [3.8, 4) is 11.4 Å². The Hall–Kier alpha value is -2.97. The Morgan fingerprint density at radius 1 is 1.00 bits per heavy atom. The van der Waals surface area contributed by atoms with E-state index in [0.29, 0.717) is 62.2 Å². The van der Waals surface area contributed by atoms with Crippen LogP contribution >= 0.6 is 23.2 Å². The Labute approximate surface area is 200 Å². The zero-order valence-electron chi connectivity index (χ0n) is 17.6. The molecule has 1 aromatic heterocycles. The van der Waals surface area contributed by atoms with Crippen LogP contribution in [-0.2, 0) is 11.2 Å². The Kier molecular flexibility index (Phi) is 7.25. The smallest absolute Gasteiger partial charge is 0.255 e. The van der Waals surface area contributed by atoms with Crippen molar-refractivity contribution < 1.29 is 18.5 Å². The number of amides is 2. The van der Waals surface area contributed by atoms with Gasteiger partial charge in [0.15, 0.2) is 0 Å². The first-order valence-electron chi connectivity index (χ1n) is 10.5. The molecule has 1 aliphatic rings. The van der Waals surface area contributed by atoms with Gasteiger partial charge in [-0.05, 0) is 48.9 Å². The summed E-state index contributed by atoms with van der Waals surface area (Å²) in [5, 5.41) is 4.68. The van der Waals surface area contributed by atoms with Gasteiger partial charge in [-0.15, -0.1) is 0 Å². The summed E-state index contributed by atoms with van der Waals surface area (Å²) in [5.41, 5.74) is 1.06. The average Bonchev–Trinajstić information content (AvgIpc) is 3.28. The minimum absolute atomic E-state index is 0.0133. The van der Waals surface area contributed by atoms with Gasteiger partial charge in [-0.3, -0.25) is 9.59 Å². The molecule has 2 heterocycles. The quantitative estimate of drug-likeness (QED) is 0.508. The molecule has 0 unspecified atom stereocenters. The predicted molar refractivity (Wildman–Crippen MR) is 122 cm³/mol. The lowest BCUT2D eigenvalue weighted by Crippen LogP contribution is -2.50. The normalized spacial score (nSPS) is 13.9.